The van der Waals surface area contributed by atoms with E-state index in [9.17, 15) is 28.1 Å². The average Bonchev–Trinajstić information content (AvgIpc) is 2.82. The van der Waals surface area contributed by atoms with Crippen molar-refractivity contribution >= 4 is 39.0 Å². The Labute approximate surface area is 194 Å². The van der Waals surface area contributed by atoms with Crippen LogP contribution in [-0.4, -0.2) is 58.1 Å². The van der Waals surface area contributed by atoms with Gasteiger partial charge in [-0.3, -0.25) is 19.7 Å². The number of ether oxygens (including phenoxy) is 3. The number of fused-ring (bicyclic) bond motifs is 1. The third kappa shape index (κ3) is 5.90. The van der Waals surface area contributed by atoms with Gasteiger partial charge in [-0.2, -0.15) is 4.72 Å². The highest BCUT2D eigenvalue weighted by molar-refractivity contribution is 7.89. The summed E-state index contributed by atoms with van der Waals surface area (Å²) in [5.41, 5.74) is 0.0723. The van der Waals surface area contributed by atoms with Crippen LogP contribution in [0.4, 0.5) is 17.1 Å². The smallest absolute Gasteiger partial charge is 0.321 e. The molecule has 1 atom stereocenters. The first-order valence-electron chi connectivity index (χ1n) is 9.96. The van der Waals surface area contributed by atoms with Crippen LogP contribution >= 0.6 is 0 Å². The van der Waals surface area contributed by atoms with Crippen LogP contribution in [0.15, 0.2) is 41.3 Å². The molecule has 34 heavy (non-hydrogen) atoms. The number of nitro groups is 1. The number of nitro benzene ring substituents is 1. The van der Waals surface area contributed by atoms with E-state index in [2.05, 4.69) is 10.6 Å². The Kier molecular flexibility index (Phi) is 7.53. The molecule has 2 aromatic carbocycles. The van der Waals surface area contributed by atoms with Gasteiger partial charge in [0, 0.05) is 24.9 Å². The lowest BCUT2D eigenvalue weighted by Gasteiger charge is -2.19. The van der Waals surface area contributed by atoms with Crippen molar-refractivity contribution in [2.24, 2.45) is 0 Å². The summed E-state index contributed by atoms with van der Waals surface area (Å²) in [4.78, 5) is 34.4. The molecule has 1 unspecified atom stereocenters. The minimum Gasteiger partial charge on any atom is -0.486 e. The molecule has 2 aromatic rings. The number of nitrogens with zero attached hydrogens (tertiary/aromatic N) is 1. The second-order valence-electron chi connectivity index (χ2n) is 6.99. The number of carbonyl (C=O) groups is 2. The number of sulfonamides is 1. The van der Waals surface area contributed by atoms with E-state index >= 15 is 0 Å². The van der Waals surface area contributed by atoms with Gasteiger partial charge in [-0.25, -0.2) is 8.42 Å². The van der Waals surface area contributed by atoms with Crippen LogP contribution in [0.25, 0.3) is 0 Å². The molecule has 13 nitrogen and oxygen atoms in total. The molecule has 14 heteroatoms. The molecular weight excluding hydrogens is 472 g/mol. The van der Waals surface area contributed by atoms with Gasteiger partial charge >= 0.3 is 5.97 Å². The molecule has 0 aliphatic carbocycles. The monoisotopic (exact) mass is 494 g/mol. The van der Waals surface area contributed by atoms with E-state index < -0.39 is 50.1 Å². The highest BCUT2D eigenvalue weighted by atomic mass is 32.2. The Morgan fingerprint density at radius 3 is 2.53 bits per heavy atom. The van der Waals surface area contributed by atoms with Gasteiger partial charge in [-0.1, -0.05) is 0 Å². The zero-order valence-electron chi connectivity index (χ0n) is 18.2. The minimum absolute atomic E-state index is 0.126. The average molecular weight is 494 g/mol. The Balaban J connectivity index is 1.56. The number of nitrogens with one attached hydrogen (secondary N) is 3. The Hall–Kier alpha value is -3.91. The summed E-state index contributed by atoms with van der Waals surface area (Å²) in [6.45, 7) is 1.33. The number of carbonyl (C=O) groups excluding carboxylic acids is 2. The lowest BCUT2D eigenvalue weighted by Crippen LogP contribution is -2.35. The lowest BCUT2D eigenvalue weighted by molar-refractivity contribution is -0.384. The van der Waals surface area contributed by atoms with Crippen molar-refractivity contribution < 1.29 is 37.1 Å². The lowest BCUT2D eigenvalue weighted by atomic mass is 10.2. The first-order chi connectivity index (χ1) is 16.1. The fraction of sp³-hybridized carbons (Fsp3) is 0.300. The number of hydrogen-bond donors (Lipinski definition) is 3. The van der Waals surface area contributed by atoms with Gasteiger partial charge in [0.1, 0.15) is 25.4 Å². The van der Waals surface area contributed by atoms with E-state index in [1.54, 1.807) is 18.2 Å². The van der Waals surface area contributed by atoms with Gasteiger partial charge in [0.2, 0.25) is 10.0 Å². The molecule has 3 rings (SSSR count). The summed E-state index contributed by atoms with van der Waals surface area (Å²) < 4.78 is 42.7. The molecule has 1 heterocycles. The molecule has 182 valence electrons. The molecule has 0 radical (unpaired) electrons. The number of anilines is 2. The summed E-state index contributed by atoms with van der Waals surface area (Å²) in [6.07, 6.45) is -1.23. The Morgan fingerprint density at radius 2 is 1.85 bits per heavy atom. The van der Waals surface area contributed by atoms with Gasteiger partial charge in [-0.05, 0) is 31.2 Å². The van der Waals surface area contributed by atoms with Crippen molar-refractivity contribution in [1.29, 1.82) is 0 Å². The standard InChI is InChI=1S/C20H22N4O9S/c1-12(20(26)23-13-3-6-17-18(9-13)32-8-7-31-17)33-19(25)11-22-34(29,30)14-4-5-15(21-2)16(10-14)24(27)28/h3-6,9-10,12,21-22H,7-8,11H2,1-2H3,(H,23,26). The predicted octanol–water partition coefficient (Wildman–Crippen LogP) is 1.26. The molecule has 0 spiro atoms. The van der Waals surface area contributed by atoms with Crippen LogP contribution in [0.5, 0.6) is 11.5 Å². The van der Waals surface area contributed by atoms with E-state index in [4.69, 9.17) is 14.2 Å². The van der Waals surface area contributed by atoms with Crippen LogP contribution < -0.4 is 24.8 Å². The van der Waals surface area contributed by atoms with Crippen molar-refractivity contribution in [3.05, 3.63) is 46.5 Å². The topological polar surface area (TPSA) is 175 Å². The Morgan fingerprint density at radius 1 is 1.15 bits per heavy atom. The summed E-state index contributed by atoms with van der Waals surface area (Å²) in [5, 5.41) is 16.3. The van der Waals surface area contributed by atoms with Crippen LogP contribution in [0.1, 0.15) is 6.92 Å². The van der Waals surface area contributed by atoms with Crippen molar-refractivity contribution in [2.45, 2.75) is 17.9 Å². The van der Waals surface area contributed by atoms with Gasteiger partial charge in [0.05, 0.1) is 9.82 Å². The van der Waals surface area contributed by atoms with Crippen LogP contribution in [0.3, 0.4) is 0 Å². The third-order valence-corrected chi connectivity index (χ3v) is 6.04. The number of hydrogen-bond acceptors (Lipinski definition) is 10. The normalized spacial score (nSPS) is 13.5. The van der Waals surface area contributed by atoms with E-state index in [1.807, 2.05) is 4.72 Å². The van der Waals surface area contributed by atoms with Crippen molar-refractivity contribution in [3.63, 3.8) is 0 Å². The Bertz CT molecular complexity index is 1220. The van der Waals surface area contributed by atoms with E-state index in [-0.39, 0.29) is 5.69 Å². The quantitative estimate of drug-likeness (QED) is 0.261. The van der Waals surface area contributed by atoms with Crippen LogP contribution in [0, 0.1) is 10.1 Å². The first-order valence-corrected chi connectivity index (χ1v) is 11.4. The number of esters is 1. The highest BCUT2D eigenvalue weighted by Gasteiger charge is 2.24. The first kappa shape index (κ1) is 24.7. The zero-order chi connectivity index (χ0) is 24.9. The van der Waals surface area contributed by atoms with Crippen LogP contribution in [0.2, 0.25) is 0 Å². The molecule has 0 saturated carbocycles. The molecule has 3 N–H and O–H groups in total. The van der Waals surface area contributed by atoms with E-state index in [0.717, 1.165) is 12.1 Å². The van der Waals surface area contributed by atoms with E-state index in [1.165, 1.54) is 20.0 Å². The summed E-state index contributed by atoms with van der Waals surface area (Å²) in [5.74, 6) is -0.658. The van der Waals surface area contributed by atoms with Gasteiger partial charge in [0.25, 0.3) is 11.6 Å². The molecule has 1 aliphatic rings. The fourth-order valence-corrected chi connectivity index (χ4v) is 3.92. The van der Waals surface area contributed by atoms with Crippen molar-refractivity contribution in [1.82, 2.24) is 4.72 Å². The third-order valence-electron chi connectivity index (χ3n) is 4.64. The second-order valence-corrected chi connectivity index (χ2v) is 8.76. The molecule has 0 fully saturated rings. The van der Waals surface area contributed by atoms with Crippen LogP contribution in [-0.2, 0) is 24.3 Å². The maximum Gasteiger partial charge on any atom is 0.321 e. The van der Waals surface area contributed by atoms with Gasteiger partial charge < -0.3 is 24.8 Å². The maximum atomic E-state index is 12.4. The predicted molar refractivity (Wildman–Crippen MR) is 119 cm³/mol. The molecule has 1 aliphatic heterocycles. The SMILES string of the molecule is CNc1ccc(S(=O)(=O)NCC(=O)OC(C)C(=O)Nc2ccc3c(c2)OCCO3)cc1[N+](=O)[O-]. The molecule has 0 bridgehead atoms. The summed E-state index contributed by atoms with van der Waals surface area (Å²) in [7, 11) is -2.80. The van der Waals surface area contributed by atoms with E-state index in [0.29, 0.717) is 30.4 Å². The number of rotatable bonds is 9. The van der Waals surface area contributed by atoms with Gasteiger partial charge in [-0.15, -0.1) is 0 Å². The maximum absolute atomic E-state index is 12.4. The fourth-order valence-electron chi connectivity index (χ4n) is 2.94. The molecule has 0 saturated heterocycles. The summed E-state index contributed by atoms with van der Waals surface area (Å²) in [6, 6.07) is 8.03. The highest BCUT2D eigenvalue weighted by Crippen LogP contribution is 2.32. The summed E-state index contributed by atoms with van der Waals surface area (Å²) >= 11 is 0. The largest absolute Gasteiger partial charge is 0.486 e. The van der Waals surface area contributed by atoms with Crippen molar-refractivity contribution in [2.75, 3.05) is 37.4 Å². The minimum atomic E-state index is -4.26. The van der Waals surface area contributed by atoms with Crippen molar-refractivity contribution in [3.8, 4) is 11.5 Å². The molecule has 1 amide bonds. The number of amides is 1. The number of benzene rings is 2. The molecular formula is C20H22N4O9S. The zero-order valence-corrected chi connectivity index (χ0v) is 19.0. The second kappa shape index (κ2) is 10.4. The molecule has 0 aromatic heterocycles. The van der Waals surface area contributed by atoms with Gasteiger partial charge in [0.15, 0.2) is 17.6 Å².